The lowest BCUT2D eigenvalue weighted by Gasteiger charge is -2.05. The average Bonchev–Trinajstić information content (AvgIpc) is 2.39. The number of ether oxygens (including phenoxy) is 1. The average molecular weight is 258 g/mol. The van der Waals surface area contributed by atoms with E-state index in [1.54, 1.807) is 0 Å². The molecule has 0 unspecified atom stereocenters. The van der Waals surface area contributed by atoms with Gasteiger partial charge in [-0.1, -0.05) is 51.9 Å². The highest BCUT2D eigenvalue weighted by Crippen LogP contribution is 2.08. The normalized spacial score (nSPS) is 11.0. The van der Waals surface area contributed by atoms with Gasteiger partial charge in [0.1, 0.15) is 0 Å². The van der Waals surface area contributed by atoms with Crippen LogP contribution in [0.4, 0.5) is 0 Å². The molecule has 0 fully saturated rings. The van der Waals surface area contributed by atoms with Gasteiger partial charge in [0, 0.05) is 26.3 Å². The second-order valence-electron chi connectivity index (χ2n) is 4.98. The molecule has 3 heteroatoms. The summed E-state index contributed by atoms with van der Waals surface area (Å²) in [5.41, 5.74) is 5.38. The van der Waals surface area contributed by atoms with Crippen LogP contribution in [0.15, 0.2) is 0 Å². The minimum atomic E-state index is 0.721. The van der Waals surface area contributed by atoms with Gasteiger partial charge in [0.25, 0.3) is 0 Å². The molecule has 0 aromatic carbocycles. The van der Waals surface area contributed by atoms with Crippen LogP contribution in [0.2, 0.25) is 0 Å². The van der Waals surface area contributed by atoms with Crippen LogP contribution in [0.1, 0.15) is 64.7 Å². The molecule has 0 bridgehead atoms. The lowest BCUT2D eigenvalue weighted by molar-refractivity contribution is 0.127. The first-order valence-corrected chi connectivity index (χ1v) is 7.90. The van der Waals surface area contributed by atoms with Crippen molar-refractivity contribution in [2.24, 2.45) is 5.73 Å². The number of rotatable bonds is 15. The summed E-state index contributed by atoms with van der Waals surface area (Å²) in [5.74, 6) is 0. The molecule has 0 aliphatic rings. The van der Waals surface area contributed by atoms with Crippen molar-refractivity contribution in [1.82, 2.24) is 5.32 Å². The maximum absolute atomic E-state index is 5.59. The molecule has 0 aliphatic carbocycles. The Kier molecular flexibility index (Phi) is 16.8. The lowest BCUT2D eigenvalue weighted by atomic mass is 10.1. The third-order valence-electron chi connectivity index (χ3n) is 3.11. The number of nitrogens with two attached hydrogens (primary N) is 1. The minimum absolute atomic E-state index is 0.721. The summed E-state index contributed by atoms with van der Waals surface area (Å²) in [4.78, 5) is 0. The van der Waals surface area contributed by atoms with Gasteiger partial charge in [-0.25, -0.2) is 0 Å². The maximum atomic E-state index is 5.59. The smallest absolute Gasteiger partial charge is 0.0478 e. The zero-order chi connectivity index (χ0) is 13.3. The largest absolute Gasteiger partial charge is 0.381 e. The van der Waals surface area contributed by atoms with Crippen molar-refractivity contribution in [1.29, 1.82) is 0 Å². The van der Waals surface area contributed by atoms with Gasteiger partial charge >= 0.3 is 0 Å². The van der Waals surface area contributed by atoms with Crippen molar-refractivity contribution in [3.05, 3.63) is 0 Å². The molecule has 0 heterocycles. The van der Waals surface area contributed by atoms with Gasteiger partial charge in [0.15, 0.2) is 0 Å². The first-order chi connectivity index (χ1) is 8.91. The quantitative estimate of drug-likeness (QED) is 0.444. The zero-order valence-corrected chi connectivity index (χ0v) is 12.4. The van der Waals surface area contributed by atoms with Crippen molar-refractivity contribution >= 4 is 0 Å². The first kappa shape index (κ1) is 17.9. The molecule has 0 radical (unpaired) electrons. The van der Waals surface area contributed by atoms with E-state index in [4.69, 9.17) is 10.5 Å². The van der Waals surface area contributed by atoms with Gasteiger partial charge in [-0.3, -0.25) is 0 Å². The molecule has 0 atom stereocenters. The summed E-state index contributed by atoms with van der Waals surface area (Å²) in [5, 5.41) is 3.27. The Morgan fingerprint density at radius 3 is 2.06 bits per heavy atom. The third-order valence-corrected chi connectivity index (χ3v) is 3.11. The molecular formula is C15H34N2O. The molecule has 18 heavy (non-hydrogen) atoms. The Balaban J connectivity index is 2.86. The summed E-state index contributed by atoms with van der Waals surface area (Å²) in [6.07, 6.45) is 12.0. The predicted octanol–water partition coefficient (Wildman–Crippen LogP) is 3.08. The zero-order valence-electron chi connectivity index (χ0n) is 12.4. The Morgan fingerprint density at radius 2 is 1.39 bits per heavy atom. The lowest BCUT2D eigenvalue weighted by Crippen LogP contribution is -2.24. The highest BCUT2D eigenvalue weighted by atomic mass is 16.5. The highest BCUT2D eigenvalue weighted by molar-refractivity contribution is 4.48. The van der Waals surface area contributed by atoms with Crippen LogP contribution in [0.5, 0.6) is 0 Å². The minimum Gasteiger partial charge on any atom is -0.381 e. The second kappa shape index (κ2) is 16.9. The summed E-state index contributed by atoms with van der Waals surface area (Å²) in [6.45, 7) is 6.74. The fourth-order valence-corrected chi connectivity index (χ4v) is 1.97. The SMILES string of the molecule is CCCCCCCCCCOCCCNCCN. The summed E-state index contributed by atoms with van der Waals surface area (Å²) < 4.78 is 5.59. The molecule has 0 rings (SSSR count). The van der Waals surface area contributed by atoms with Crippen molar-refractivity contribution in [2.75, 3.05) is 32.8 Å². The first-order valence-electron chi connectivity index (χ1n) is 7.90. The van der Waals surface area contributed by atoms with E-state index >= 15 is 0 Å². The van der Waals surface area contributed by atoms with Crippen LogP contribution in [-0.4, -0.2) is 32.8 Å². The van der Waals surface area contributed by atoms with Crippen LogP contribution >= 0.6 is 0 Å². The maximum Gasteiger partial charge on any atom is 0.0478 e. The van der Waals surface area contributed by atoms with Gasteiger partial charge < -0.3 is 15.8 Å². The van der Waals surface area contributed by atoms with E-state index in [2.05, 4.69) is 12.2 Å². The topological polar surface area (TPSA) is 47.3 Å². The molecule has 0 aromatic heterocycles. The predicted molar refractivity (Wildman–Crippen MR) is 80.0 cm³/mol. The molecule has 0 spiro atoms. The van der Waals surface area contributed by atoms with E-state index in [-0.39, 0.29) is 0 Å². The number of nitrogens with one attached hydrogen (secondary N) is 1. The summed E-state index contributed by atoms with van der Waals surface area (Å²) in [7, 11) is 0. The Bertz CT molecular complexity index is 126. The monoisotopic (exact) mass is 258 g/mol. The third kappa shape index (κ3) is 15.9. The second-order valence-corrected chi connectivity index (χ2v) is 4.98. The molecule has 0 saturated heterocycles. The summed E-state index contributed by atoms with van der Waals surface area (Å²) in [6, 6.07) is 0. The van der Waals surface area contributed by atoms with Gasteiger partial charge in [0.05, 0.1) is 0 Å². The highest BCUT2D eigenvalue weighted by Gasteiger charge is 1.92. The molecule has 0 amide bonds. The van der Waals surface area contributed by atoms with Crippen molar-refractivity contribution in [3.8, 4) is 0 Å². The van der Waals surface area contributed by atoms with Crippen molar-refractivity contribution < 1.29 is 4.74 Å². The van der Waals surface area contributed by atoms with Crippen LogP contribution in [0.3, 0.4) is 0 Å². The molecule has 3 nitrogen and oxygen atoms in total. The van der Waals surface area contributed by atoms with E-state index < -0.39 is 0 Å². The van der Waals surface area contributed by atoms with E-state index in [1.807, 2.05) is 0 Å². The van der Waals surface area contributed by atoms with Gasteiger partial charge in [-0.15, -0.1) is 0 Å². The van der Waals surface area contributed by atoms with Crippen LogP contribution < -0.4 is 11.1 Å². The Labute approximate surface area is 114 Å². The fraction of sp³-hybridized carbons (Fsp3) is 1.00. The van der Waals surface area contributed by atoms with Crippen molar-refractivity contribution in [2.45, 2.75) is 64.7 Å². The van der Waals surface area contributed by atoms with Crippen LogP contribution in [0, 0.1) is 0 Å². The molecule has 0 aliphatic heterocycles. The van der Waals surface area contributed by atoms with Gasteiger partial charge in [0.2, 0.25) is 0 Å². The molecular weight excluding hydrogens is 224 g/mol. The fourth-order valence-electron chi connectivity index (χ4n) is 1.97. The molecule has 0 saturated carbocycles. The van der Waals surface area contributed by atoms with E-state index in [1.165, 1.54) is 51.4 Å². The number of hydrogen-bond donors (Lipinski definition) is 2. The summed E-state index contributed by atoms with van der Waals surface area (Å²) >= 11 is 0. The number of unbranched alkanes of at least 4 members (excludes halogenated alkanes) is 7. The van der Waals surface area contributed by atoms with Crippen LogP contribution in [-0.2, 0) is 4.74 Å². The number of hydrogen-bond acceptors (Lipinski definition) is 3. The Hall–Kier alpha value is -0.120. The standard InChI is InChI=1S/C15H34N2O/c1-2-3-4-5-6-7-8-9-14-18-15-10-12-17-13-11-16/h17H,2-16H2,1H3. The molecule has 110 valence electrons. The Morgan fingerprint density at radius 1 is 0.778 bits per heavy atom. The van der Waals surface area contributed by atoms with E-state index in [9.17, 15) is 0 Å². The van der Waals surface area contributed by atoms with Gasteiger partial charge in [-0.2, -0.15) is 0 Å². The van der Waals surface area contributed by atoms with Crippen LogP contribution in [0.25, 0.3) is 0 Å². The van der Waals surface area contributed by atoms with E-state index in [0.29, 0.717) is 0 Å². The van der Waals surface area contributed by atoms with E-state index in [0.717, 1.165) is 39.3 Å². The van der Waals surface area contributed by atoms with Gasteiger partial charge in [-0.05, 0) is 19.4 Å². The molecule has 0 aromatic rings. The molecule has 3 N–H and O–H groups in total. The van der Waals surface area contributed by atoms with Crippen molar-refractivity contribution in [3.63, 3.8) is 0 Å².